The predicted octanol–water partition coefficient (Wildman–Crippen LogP) is 2.34. The van der Waals surface area contributed by atoms with Crippen molar-refractivity contribution in [3.63, 3.8) is 0 Å². The van der Waals surface area contributed by atoms with Gasteiger partial charge in [0.05, 0.1) is 16.0 Å². The zero-order chi connectivity index (χ0) is 12.7. The van der Waals surface area contributed by atoms with Gasteiger partial charge in [-0.25, -0.2) is 4.98 Å². The van der Waals surface area contributed by atoms with Crippen LogP contribution in [0.5, 0.6) is 0 Å². The van der Waals surface area contributed by atoms with E-state index in [9.17, 15) is 4.79 Å². The molecule has 0 unspecified atom stereocenters. The highest BCUT2D eigenvalue weighted by Gasteiger charge is 2.14. The normalized spacial score (nSPS) is 11.0. The molecule has 0 bridgehead atoms. The number of para-hydroxylation sites is 1. The Morgan fingerprint density at radius 1 is 1.39 bits per heavy atom. The molecule has 90 valence electrons. The maximum absolute atomic E-state index is 12.2. The van der Waals surface area contributed by atoms with Crippen LogP contribution >= 0.6 is 11.6 Å². The van der Waals surface area contributed by atoms with Crippen molar-refractivity contribution >= 4 is 22.6 Å². The number of aromatic nitrogens is 3. The Kier molecular flexibility index (Phi) is 2.41. The minimum Gasteiger partial charge on any atom is -0.436 e. The standard InChI is InChI=1S/C12H8ClN3O2/c1-7-10(17)8-3-2-4-9(13)11(8)18-12(7)16-6-14-5-15-16/h2-6H,1H3. The first kappa shape index (κ1) is 11.0. The van der Waals surface area contributed by atoms with Gasteiger partial charge in [-0.15, -0.1) is 0 Å². The molecular weight excluding hydrogens is 254 g/mol. The summed E-state index contributed by atoms with van der Waals surface area (Å²) in [6, 6.07) is 5.08. The molecule has 0 radical (unpaired) electrons. The Morgan fingerprint density at radius 2 is 2.22 bits per heavy atom. The molecule has 0 aliphatic rings. The van der Waals surface area contributed by atoms with Crippen molar-refractivity contribution < 1.29 is 4.42 Å². The molecular formula is C12H8ClN3O2. The predicted molar refractivity (Wildman–Crippen MR) is 67.1 cm³/mol. The summed E-state index contributed by atoms with van der Waals surface area (Å²) in [5.41, 5.74) is 0.708. The lowest BCUT2D eigenvalue weighted by Gasteiger charge is -2.06. The molecule has 0 aliphatic heterocycles. The highest BCUT2D eigenvalue weighted by atomic mass is 35.5. The SMILES string of the molecule is Cc1c(-n2cncn2)oc2c(Cl)cccc2c1=O. The van der Waals surface area contributed by atoms with Gasteiger partial charge in [0.2, 0.25) is 5.88 Å². The van der Waals surface area contributed by atoms with E-state index in [0.29, 0.717) is 27.4 Å². The van der Waals surface area contributed by atoms with Crippen molar-refractivity contribution in [1.29, 1.82) is 0 Å². The summed E-state index contributed by atoms with van der Waals surface area (Å²) in [7, 11) is 0. The summed E-state index contributed by atoms with van der Waals surface area (Å²) in [6.45, 7) is 1.68. The zero-order valence-corrected chi connectivity index (χ0v) is 10.2. The van der Waals surface area contributed by atoms with Crippen molar-refractivity contribution in [1.82, 2.24) is 14.8 Å². The highest BCUT2D eigenvalue weighted by molar-refractivity contribution is 6.34. The lowest BCUT2D eigenvalue weighted by atomic mass is 10.2. The van der Waals surface area contributed by atoms with Crippen molar-refractivity contribution in [3.8, 4) is 5.88 Å². The number of nitrogens with zero attached hydrogens (tertiary/aromatic N) is 3. The Balaban J connectivity index is 2.45. The van der Waals surface area contributed by atoms with Crippen LogP contribution in [0.4, 0.5) is 0 Å². The smallest absolute Gasteiger partial charge is 0.228 e. The molecule has 6 heteroatoms. The largest absolute Gasteiger partial charge is 0.436 e. The molecule has 18 heavy (non-hydrogen) atoms. The molecule has 0 amide bonds. The Morgan fingerprint density at radius 3 is 2.94 bits per heavy atom. The van der Waals surface area contributed by atoms with Gasteiger partial charge < -0.3 is 4.42 Å². The van der Waals surface area contributed by atoms with Crippen LogP contribution in [0, 0.1) is 6.92 Å². The molecule has 0 aliphatic carbocycles. The maximum atomic E-state index is 12.2. The Bertz CT molecular complexity index is 778. The van der Waals surface area contributed by atoms with Gasteiger partial charge in [0.15, 0.2) is 11.0 Å². The fourth-order valence-corrected chi connectivity index (χ4v) is 2.01. The fraction of sp³-hybridized carbons (Fsp3) is 0.0833. The average molecular weight is 262 g/mol. The van der Waals surface area contributed by atoms with Gasteiger partial charge >= 0.3 is 0 Å². The second-order valence-corrected chi connectivity index (χ2v) is 4.23. The first-order valence-electron chi connectivity index (χ1n) is 5.25. The van der Waals surface area contributed by atoms with Crippen molar-refractivity contribution in [2.24, 2.45) is 0 Å². The number of hydrogen-bond acceptors (Lipinski definition) is 4. The Hall–Kier alpha value is -2.14. The second-order valence-electron chi connectivity index (χ2n) is 3.82. The monoisotopic (exact) mass is 261 g/mol. The van der Waals surface area contributed by atoms with E-state index in [2.05, 4.69) is 10.1 Å². The van der Waals surface area contributed by atoms with Gasteiger partial charge in [-0.1, -0.05) is 17.7 Å². The molecule has 0 saturated heterocycles. The average Bonchev–Trinajstić information content (AvgIpc) is 2.88. The number of rotatable bonds is 1. The van der Waals surface area contributed by atoms with E-state index < -0.39 is 0 Å². The van der Waals surface area contributed by atoms with E-state index in [1.807, 2.05) is 0 Å². The number of fused-ring (bicyclic) bond motifs is 1. The van der Waals surface area contributed by atoms with Gasteiger partial charge in [-0.3, -0.25) is 4.79 Å². The summed E-state index contributed by atoms with van der Waals surface area (Å²) in [5.74, 6) is 0.332. The van der Waals surface area contributed by atoms with Gasteiger partial charge in [0.1, 0.15) is 12.7 Å². The molecule has 0 N–H and O–H groups in total. The third-order valence-corrected chi connectivity index (χ3v) is 3.00. The van der Waals surface area contributed by atoms with Crippen molar-refractivity contribution in [2.45, 2.75) is 6.92 Å². The highest BCUT2D eigenvalue weighted by Crippen LogP contribution is 2.24. The summed E-state index contributed by atoms with van der Waals surface area (Å²) in [5, 5.41) is 4.81. The lowest BCUT2D eigenvalue weighted by molar-refractivity contribution is 0.542. The van der Waals surface area contributed by atoms with E-state index in [1.54, 1.807) is 25.1 Å². The van der Waals surface area contributed by atoms with Crippen LogP contribution in [-0.4, -0.2) is 14.8 Å². The molecule has 0 saturated carbocycles. The van der Waals surface area contributed by atoms with Crippen LogP contribution in [-0.2, 0) is 0 Å². The second kappa shape index (κ2) is 3.96. The van der Waals surface area contributed by atoms with E-state index in [4.69, 9.17) is 16.0 Å². The van der Waals surface area contributed by atoms with Crippen LogP contribution < -0.4 is 5.43 Å². The summed E-state index contributed by atoms with van der Waals surface area (Å²) >= 11 is 6.04. The van der Waals surface area contributed by atoms with E-state index in [1.165, 1.54) is 17.3 Å². The Labute approximate surface area is 107 Å². The van der Waals surface area contributed by atoms with Crippen LogP contribution in [0.25, 0.3) is 16.9 Å². The number of halogens is 1. The van der Waals surface area contributed by atoms with Gasteiger partial charge in [-0.2, -0.15) is 9.78 Å². The fourth-order valence-electron chi connectivity index (χ4n) is 1.80. The summed E-state index contributed by atoms with van der Waals surface area (Å²) in [4.78, 5) is 16.0. The van der Waals surface area contributed by atoms with E-state index >= 15 is 0 Å². The van der Waals surface area contributed by atoms with Crippen LogP contribution in [0.1, 0.15) is 5.56 Å². The number of benzene rings is 1. The lowest BCUT2D eigenvalue weighted by Crippen LogP contribution is -2.11. The van der Waals surface area contributed by atoms with Gasteiger partial charge in [-0.05, 0) is 19.1 Å². The molecule has 0 atom stereocenters. The van der Waals surface area contributed by atoms with Crippen molar-refractivity contribution in [3.05, 3.63) is 51.7 Å². The molecule has 2 aromatic heterocycles. The summed E-state index contributed by atoms with van der Waals surface area (Å²) < 4.78 is 7.08. The third kappa shape index (κ3) is 1.52. The molecule has 3 aromatic rings. The van der Waals surface area contributed by atoms with Gasteiger partial charge in [0.25, 0.3) is 0 Å². The maximum Gasteiger partial charge on any atom is 0.228 e. The van der Waals surface area contributed by atoms with Crippen LogP contribution in [0.15, 0.2) is 40.1 Å². The molecule has 2 heterocycles. The molecule has 3 rings (SSSR count). The summed E-state index contributed by atoms with van der Waals surface area (Å²) in [6.07, 6.45) is 2.84. The first-order chi connectivity index (χ1) is 8.68. The van der Waals surface area contributed by atoms with Crippen LogP contribution in [0.3, 0.4) is 0 Å². The van der Waals surface area contributed by atoms with E-state index in [0.717, 1.165) is 0 Å². The minimum atomic E-state index is -0.121. The van der Waals surface area contributed by atoms with E-state index in [-0.39, 0.29) is 5.43 Å². The minimum absolute atomic E-state index is 0.121. The topological polar surface area (TPSA) is 60.9 Å². The zero-order valence-electron chi connectivity index (χ0n) is 9.42. The quantitative estimate of drug-likeness (QED) is 0.674. The molecule has 0 spiro atoms. The van der Waals surface area contributed by atoms with Gasteiger partial charge in [0, 0.05) is 0 Å². The molecule has 0 fully saturated rings. The number of hydrogen-bond donors (Lipinski definition) is 0. The molecule has 1 aromatic carbocycles. The first-order valence-corrected chi connectivity index (χ1v) is 5.63. The van der Waals surface area contributed by atoms with Crippen LogP contribution in [0.2, 0.25) is 5.02 Å². The van der Waals surface area contributed by atoms with Crippen molar-refractivity contribution in [2.75, 3.05) is 0 Å². The molecule has 5 nitrogen and oxygen atoms in total. The third-order valence-electron chi connectivity index (χ3n) is 2.70.